The fourth-order valence-electron chi connectivity index (χ4n) is 2.90. The van der Waals surface area contributed by atoms with E-state index in [9.17, 15) is 4.79 Å². The van der Waals surface area contributed by atoms with Crippen LogP contribution in [0.2, 0.25) is 0 Å². The van der Waals surface area contributed by atoms with Crippen molar-refractivity contribution < 1.29 is 4.79 Å². The van der Waals surface area contributed by atoms with Gasteiger partial charge in [0, 0.05) is 18.5 Å². The van der Waals surface area contributed by atoms with Crippen molar-refractivity contribution in [1.29, 1.82) is 0 Å². The number of benzene rings is 1. The Bertz CT molecular complexity index is 670. The quantitative estimate of drug-likeness (QED) is 0.780. The second-order valence-corrected chi connectivity index (χ2v) is 5.93. The Hall–Kier alpha value is -1.90. The van der Waals surface area contributed by atoms with Gasteiger partial charge < -0.3 is 4.57 Å². The van der Waals surface area contributed by atoms with Gasteiger partial charge in [0.05, 0.1) is 5.69 Å². The maximum atomic E-state index is 11.5. The van der Waals surface area contributed by atoms with Gasteiger partial charge in [0.25, 0.3) is 0 Å². The van der Waals surface area contributed by atoms with E-state index in [1.165, 1.54) is 11.1 Å². The summed E-state index contributed by atoms with van der Waals surface area (Å²) in [7, 11) is 0. The van der Waals surface area contributed by atoms with Gasteiger partial charge in [-0.2, -0.15) is 0 Å². The third kappa shape index (κ3) is 2.07. The molecule has 0 spiro atoms. The molecule has 0 amide bonds. The van der Waals surface area contributed by atoms with Gasteiger partial charge in [0.2, 0.25) is 0 Å². The molecule has 3 heteroatoms. The minimum absolute atomic E-state index is 0.650. The van der Waals surface area contributed by atoms with E-state index in [2.05, 4.69) is 43.5 Å². The van der Waals surface area contributed by atoms with E-state index in [0.29, 0.717) is 5.92 Å². The van der Waals surface area contributed by atoms with Crippen molar-refractivity contribution >= 4 is 6.29 Å². The van der Waals surface area contributed by atoms with E-state index in [4.69, 9.17) is 4.98 Å². The maximum absolute atomic E-state index is 11.5. The highest BCUT2D eigenvalue weighted by Crippen LogP contribution is 2.29. The molecule has 0 radical (unpaired) electrons. The van der Waals surface area contributed by atoms with Crippen molar-refractivity contribution in [3.63, 3.8) is 0 Å². The first kappa shape index (κ1) is 13.1. The summed E-state index contributed by atoms with van der Waals surface area (Å²) in [6.45, 7) is 7.34. The molecular weight excluding hydrogens is 248 g/mol. The number of hydrogen-bond acceptors (Lipinski definition) is 2. The maximum Gasteiger partial charge on any atom is 0.168 e. The summed E-state index contributed by atoms with van der Waals surface area (Å²) in [5.74, 6) is 1.70. The normalized spacial score (nSPS) is 17.9. The highest BCUT2D eigenvalue weighted by atomic mass is 16.1. The summed E-state index contributed by atoms with van der Waals surface area (Å²) in [4.78, 5) is 16.3. The van der Waals surface area contributed by atoms with Crippen molar-refractivity contribution in [1.82, 2.24) is 9.55 Å². The highest BCUT2D eigenvalue weighted by molar-refractivity contribution is 5.84. The SMILES string of the molecule is Cc1ccc(-c2nc3n(c2C=O)CCC(C)C3)cc1C. The highest BCUT2D eigenvalue weighted by Gasteiger charge is 2.23. The van der Waals surface area contributed by atoms with E-state index in [1.807, 2.05) is 0 Å². The van der Waals surface area contributed by atoms with Gasteiger partial charge in [0.1, 0.15) is 11.5 Å². The molecule has 0 fully saturated rings. The zero-order valence-corrected chi connectivity index (χ0v) is 12.3. The number of aromatic nitrogens is 2. The number of aldehydes is 1. The van der Waals surface area contributed by atoms with Crippen LogP contribution in [-0.4, -0.2) is 15.8 Å². The molecule has 20 heavy (non-hydrogen) atoms. The Morgan fingerprint density at radius 3 is 2.80 bits per heavy atom. The van der Waals surface area contributed by atoms with Crippen LogP contribution in [-0.2, 0) is 13.0 Å². The van der Waals surface area contributed by atoms with Gasteiger partial charge in [-0.05, 0) is 43.4 Å². The number of nitrogens with zero attached hydrogens (tertiary/aromatic N) is 2. The first-order valence-corrected chi connectivity index (χ1v) is 7.22. The van der Waals surface area contributed by atoms with E-state index in [0.717, 1.165) is 48.4 Å². The van der Waals surface area contributed by atoms with E-state index in [-0.39, 0.29) is 0 Å². The lowest BCUT2D eigenvalue weighted by Crippen LogP contribution is -2.18. The van der Waals surface area contributed by atoms with Gasteiger partial charge in [0.15, 0.2) is 6.29 Å². The summed E-state index contributed by atoms with van der Waals surface area (Å²) in [5, 5.41) is 0. The minimum atomic E-state index is 0.650. The molecule has 2 heterocycles. The smallest absolute Gasteiger partial charge is 0.168 e. The van der Waals surface area contributed by atoms with Crippen molar-refractivity contribution in [3.8, 4) is 11.3 Å². The second-order valence-electron chi connectivity index (χ2n) is 5.93. The van der Waals surface area contributed by atoms with E-state index < -0.39 is 0 Å². The van der Waals surface area contributed by atoms with Crippen LogP contribution in [0.4, 0.5) is 0 Å². The van der Waals surface area contributed by atoms with Crippen LogP contribution in [0.15, 0.2) is 18.2 Å². The van der Waals surface area contributed by atoms with Crippen LogP contribution >= 0.6 is 0 Å². The summed E-state index contributed by atoms with van der Waals surface area (Å²) >= 11 is 0. The summed E-state index contributed by atoms with van der Waals surface area (Å²) < 4.78 is 2.09. The molecule has 1 aromatic heterocycles. The lowest BCUT2D eigenvalue weighted by atomic mass is 10.0. The molecule has 1 aliphatic heterocycles. The largest absolute Gasteiger partial charge is 0.325 e. The van der Waals surface area contributed by atoms with Gasteiger partial charge >= 0.3 is 0 Å². The second kappa shape index (κ2) is 4.89. The number of fused-ring (bicyclic) bond motifs is 1. The topological polar surface area (TPSA) is 34.9 Å². The van der Waals surface area contributed by atoms with Crippen LogP contribution in [0.25, 0.3) is 11.3 Å². The standard InChI is InChI=1S/C17H20N2O/c1-11-6-7-19-15(10-20)17(18-16(19)8-11)14-5-4-12(2)13(3)9-14/h4-5,9-11H,6-8H2,1-3H3. The fourth-order valence-corrected chi connectivity index (χ4v) is 2.90. The average Bonchev–Trinajstić information content (AvgIpc) is 2.79. The Morgan fingerprint density at radius 2 is 2.10 bits per heavy atom. The Balaban J connectivity index is 2.14. The van der Waals surface area contributed by atoms with Crippen molar-refractivity contribution in [3.05, 3.63) is 40.8 Å². The molecule has 1 aromatic carbocycles. The fraction of sp³-hybridized carbons (Fsp3) is 0.412. The summed E-state index contributed by atoms with van der Waals surface area (Å²) in [6.07, 6.45) is 3.04. The summed E-state index contributed by atoms with van der Waals surface area (Å²) in [5.41, 5.74) is 5.12. The van der Waals surface area contributed by atoms with Crippen LogP contribution in [0.1, 0.15) is 40.8 Å². The third-order valence-corrected chi connectivity index (χ3v) is 4.35. The Morgan fingerprint density at radius 1 is 1.30 bits per heavy atom. The number of carbonyl (C=O) groups is 1. The van der Waals surface area contributed by atoms with Crippen LogP contribution < -0.4 is 0 Å². The molecule has 0 saturated heterocycles. The zero-order chi connectivity index (χ0) is 14.3. The minimum Gasteiger partial charge on any atom is -0.325 e. The number of carbonyl (C=O) groups excluding carboxylic acids is 1. The first-order valence-electron chi connectivity index (χ1n) is 7.22. The number of aryl methyl sites for hydroxylation is 2. The van der Waals surface area contributed by atoms with Gasteiger partial charge in [-0.3, -0.25) is 4.79 Å². The molecule has 0 N–H and O–H groups in total. The predicted octanol–water partition coefficient (Wildman–Crippen LogP) is 3.56. The molecule has 0 saturated carbocycles. The van der Waals surface area contributed by atoms with Gasteiger partial charge in [-0.15, -0.1) is 0 Å². The van der Waals surface area contributed by atoms with Gasteiger partial charge in [-0.1, -0.05) is 19.1 Å². The third-order valence-electron chi connectivity index (χ3n) is 4.35. The number of imidazole rings is 1. The molecule has 1 atom stereocenters. The Kier molecular flexibility index (Phi) is 3.20. The van der Waals surface area contributed by atoms with E-state index in [1.54, 1.807) is 0 Å². The Labute approximate surface area is 119 Å². The zero-order valence-electron chi connectivity index (χ0n) is 12.3. The average molecular weight is 268 g/mol. The number of hydrogen-bond donors (Lipinski definition) is 0. The van der Waals surface area contributed by atoms with Crippen molar-refractivity contribution in [2.45, 2.75) is 40.2 Å². The van der Waals surface area contributed by atoms with Crippen molar-refractivity contribution in [2.24, 2.45) is 5.92 Å². The monoisotopic (exact) mass is 268 g/mol. The van der Waals surface area contributed by atoms with Crippen LogP contribution in [0.3, 0.4) is 0 Å². The first-order chi connectivity index (χ1) is 9.60. The molecule has 3 rings (SSSR count). The molecule has 0 aliphatic carbocycles. The molecule has 0 bridgehead atoms. The molecular formula is C17H20N2O. The van der Waals surface area contributed by atoms with Gasteiger partial charge in [-0.25, -0.2) is 4.98 Å². The number of rotatable bonds is 2. The molecule has 104 valence electrons. The predicted molar refractivity (Wildman–Crippen MR) is 80.0 cm³/mol. The molecule has 1 unspecified atom stereocenters. The summed E-state index contributed by atoms with van der Waals surface area (Å²) in [6, 6.07) is 6.29. The lowest BCUT2D eigenvalue weighted by Gasteiger charge is -2.20. The van der Waals surface area contributed by atoms with Crippen LogP contribution in [0.5, 0.6) is 0 Å². The molecule has 2 aromatic rings. The van der Waals surface area contributed by atoms with E-state index >= 15 is 0 Å². The lowest BCUT2D eigenvalue weighted by molar-refractivity contribution is 0.111. The van der Waals surface area contributed by atoms with Crippen molar-refractivity contribution in [2.75, 3.05) is 0 Å². The molecule has 3 nitrogen and oxygen atoms in total. The molecule has 1 aliphatic rings. The van der Waals surface area contributed by atoms with Crippen LogP contribution in [0, 0.1) is 19.8 Å².